The van der Waals surface area contributed by atoms with Crippen LogP contribution in [0.2, 0.25) is 0 Å². The molecule has 5 heteroatoms. The topological polar surface area (TPSA) is 59.0 Å². The summed E-state index contributed by atoms with van der Waals surface area (Å²) in [5.74, 6) is 0.111. The number of nitrogens with one attached hydrogen (secondary N) is 2. The van der Waals surface area contributed by atoms with Gasteiger partial charge in [-0.2, -0.15) is 5.10 Å². The van der Waals surface area contributed by atoms with Gasteiger partial charge in [0.1, 0.15) is 0 Å². The highest BCUT2D eigenvalue weighted by atomic mass is 16.1. The number of aromatic nitrogens is 2. The van der Waals surface area contributed by atoms with Gasteiger partial charge in [0.2, 0.25) is 5.91 Å². The van der Waals surface area contributed by atoms with Crippen molar-refractivity contribution in [2.45, 2.75) is 52.6 Å². The lowest BCUT2D eigenvalue weighted by Gasteiger charge is -2.18. The van der Waals surface area contributed by atoms with E-state index in [4.69, 9.17) is 0 Å². The van der Waals surface area contributed by atoms with Crippen molar-refractivity contribution in [3.8, 4) is 0 Å². The van der Waals surface area contributed by atoms with Crippen molar-refractivity contribution in [2.75, 3.05) is 13.1 Å². The highest BCUT2D eigenvalue weighted by molar-refractivity contribution is 5.75. The van der Waals surface area contributed by atoms with Crippen molar-refractivity contribution in [3.63, 3.8) is 0 Å². The van der Waals surface area contributed by atoms with Crippen molar-refractivity contribution in [1.82, 2.24) is 20.4 Å². The maximum atomic E-state index is 11.4. The fourth-order valence-corrected chi connectivity index (χ4v) is 1.61. The van der Waals surface area contributed by atoms with Gasteiger partial charge in [-0.3, -0.25) is 9.48 Å². The van der Waals surface area contributed by atoms with Crippen LogP contribution >= 0.6 is 0 Å². The molecule has 0 spiro atoms. The molecule has 19 heavy (non-hydrogen) atoms. The predicted octanol–water partition coefficient (Wildman–Crippen LogP) is 1.64. The van der Waals surface area contributed by atoms with Crippen molar-refractivity contribution in [2.24, 2.45) is 0 Å². The first-order valence-corrected chi connectivity index (χ1v) is 6.95. The summed E-state index contributed by atoms with van der Waals surface area (Å²) < 4.78 is 1.96. The zero-order valence-electron chi connectivity index (χ0n) is 12.5. The van der Waals surface area contributed by atoms with Gasteiger partial charge in [-0.15, -0.1) is 0 Å². The molecule has 0 aliphatic rings. The van der Waals surface area contributed by atoms with Crippen molar-refractivity contribution >= 4 is 5.91 Å². The van der Waals surface area contributed by atoms with Crippen LogP contribution in [0, 0.1) is 0 Å². The van der Waals surface area contributed by atoms with E-state index in [0.29, 0.717) is 13.0 Å². The summed E-state index contributed by atoms with van der Waals surface area (Å²) in [7, 11) is 0. The molecule has 0 radical (unpaired) electrons. The van der Waals surface area contributed by atoms with Gasteiger partial charge in [-0.1, -0.05) is 6.92 Å². The normalized spacial score (nSPS) is 11.6. The lowest BCUT2D eigenvalue weighted by atomic mass is 10.1. The monoisotopic (exact) mass is 266 g/mol. The number of amides is 1. The number of rotatable bonds is 7. The Kier molecular flexibility index (Phi) is 6.02. The first-order valence-electron chi connectivity index (χ1n) is 6.95. The maximum absolute atomic E-state index is 11.4. The van der Waals surface area contributed by atoms with Gasteiger partial charge in [-0.05, 0) is 27.2 Å². The summed E-state index contributed by atoms with van der Waals surface area (Å²) in [4.78, 5) is 11.4. The van der Waals surface area contributed by atoms with Gasteiger partial charge >= 0.3 is 0 Å². The molecule has 0 saturated carbocycles. The Hall–Kier alpha value is -1.36. The average molecular weight is 266 g/mol. The molecule has 5 nitrogen and oxygen atoms in total. The first-order chi connectivity index (χ1) is 8.93. The number of hydrogen-bond donors (Lipinski definition) is 2. The van der Waals surface area contributed by atoms with Crippen LogP contribution in [0.25, 0.3) is 0 Å². The highest BCUT2D eigenvalue weighted by Gasteiger charge is 2.13. The Labute approximate surface area is 115 Å². The zero-order chi connectivity index (χ0) is 14.3. The van der Waals surface area contributed by atoms with Gasteiger partial charge in [-0.25, -0.2) is 0 Å². The predicted molar refractivity (Wildman–Crippen MR) is 76.8 cm³/mol. The second-order valence-electron chi connectivity index (χ2n) is 5.74. The molecule has 0 atom stereocenters. The molecule has 0 saturated heterocycles. The lowest BCUT2D eigenvalue weighted by molar-refractivity contribution is -0.120. The molecule has 2 N–H and O–H groups in total. The highest BCUT2D eigenvalue weighted by Crippen LogP contribution is 2.12. The Morgan fingerprint density at radius 2 is 2.11 bits per heavy atom. The summed E-state index contributed by atoms with van der Waals surface area (Å²) >= 11 is 0. The lowest BCUT2D eigenvalue weighted by Crippen LogP contribution is -2.28. The largest absolute Gasteiger partial charge is 0.356 e. The molecule has 108 valence electrons. The number of hydrogen-bond acceptors (Lipinski definition) is 3. The van der Waals surface area contributed by atoms with Crippen LogP contribution < -0.4 is 10.6 Å². The molecular weight excluding hydrogens is 240 g/mol. The summed E-state index contributed by atoms with van der Waals surface area (Å²) in [6.45, 7) is 10.6. The number of nitrogens with zero attached hydrogens (tertiary/aromatic N) is 2. The van der Waals surface area contributed by atoms with Crippen LogP contribution in [0.5, 0.6) is 0 Å². The number of carbonyl (C=O) groups excluding carboxylic acids is 1. The van der Waals surface area contributed by atoms with Crippen LogP contribution in [0.4, 0.5) is 0 Å². The van der Waals surface area contributed by atoms with E-state index in [2.05, 4.69) is 36.5 Å². The smallest absolute Gasteiger partial charge is 0.221 e. The van der Waals surface area contributed by atoms with Gasteiger partial charge in [0.15, 0.2) is 0 Å². The molecule has 1 amide bonds. The van der Waals surface area contributed by atoms with Crippen LogP contribution in [-0.4, -0.2) is 28.8 Å². The van der Waals surface area contributed by atoms with E-state index in [1.54, 1.807) is 0 Å². The second kappa shape index (κ2) is 7.28. The van der Waals surface area contributed by atoms with Crippen molar-refractivity contribution < 1.29 is 4.79 Å². The van der Waals surface area contributed by atoms with Crippen LogP contribution in [0.1, 0.15) is 46.1 Å². The van der Waals surface area contributed by atoms with E-state index in [-0.39, 0.29) is 11.4 Å². The van der Waals surface area contributed by atoms with E-state index in [1.165, 1.54) is 0 Å². The molecule has 0 bridgehead atoms. The summed E-state index contributed by atoms with van der Waals surface area (Å²) in [6, 6.07) is 0. The molecule has 0 aliphatic heterocycles. The molecule has 0 fully saturated rings. The maximum Gasteiger partial charge on any atom is 0.221 e. The van der Waals surface area contributed by atoms with E-state index in [9.17, 15) is 4.79 Å². The third-order valence-corrected chi connectivity index (χ3v) is 2.75. The van der Waals surface area contributed by atoms with Gasteiger partial charge in [0, 0.05) is 37.8 Å². The molecule has 1 rings (SSSR count). The Balaban J connectivity index is 2.23. The van der Waals surface area contributed by atoms with Crippen molar-refractivity contribution in [3.05, 3.63) is 18.0 Å². The SMILES string of the molecule is CCCNC(=O)CCNCc1cnn(C(C)(C)C)c1. The van der Waals surface area contributed by atoms with E-state index in [1.807, 2.05) is 24.0 Å². The van der Waals surface area contributed by atoms with Crippen molar-refractivity contribution in [1.29, 1.82) is 0 Å². The van der Waals surface area contributed by atoms with Crippen LogP contribution in [0.15, 0.2) is 12.4 Å². The Morgan fingerprint density at radius 1 is 1.37 bits per heavy atom. The molecule has 0 unspecified atom stereocenters. The van der Waals surface area contributed by atoms with Gasteiger partial charge in [0.05, 0.1) is 11.7 Å². The second-order valence-corrected chi connectivity index (χ2v) is 5.74. The molecular formula is C14H26N4O. The summed E-state index contributed by atoms with van der Waals surface area (Å²) in [5, 5.41) is 10.5. The third-order valence-electron chi connectivity index (χ3n) is 2.75. The molecule has 1 aromatic rings. The number of carbonyl (C=O) groups is 1. The van der Waals surface area contributed by atoms with Crippen LogP contribution in [0.3, 0.4) is 0 Å². The molecule has 1 aromatic heterocycles. The first kappa shape index (κ1) is 15.7. The Bertz CT molecular complexity index is 392. The zero-order valence-corrected chi connectivity index (χ0v) is 12.5. The minimum Gasteiger partial charge on any atom is -0.356 e. The standard InChI is InChI=1S/C14H26N4O/c1-5-7-16-13(19)6-8-15-9-12-10-17-18(11-12)14(2,3)4/h10-11,15H,5-9H2,1-4H3,(H,16,19). The van der Waals surface area contributed by atoms with Gasteiger partial charge in [0.25, 0.3) is 0 Å². The molecule has 0 aromatic carbocycles. The fraction of sp³-hybridized carbons (Fsp3) is 0.714. The fourth-order valence-electron chi connectivity index (χ4n) is 1.61. The summed E-state index contributed by atoms with van der Waals surface area (Å²) in [5.41, 5.74) is 1.15. The molecule has 1 heterocycles. The Morgan fingerprint density at radius 3 is 2.68 bits per heavy atom. The van der Waals surface area contributed by atoms with Gasteiger partial charge < -0.3 is 10.6 Å². The minimum absolute atomic E-state index is 0.0122. The average Bonchev–Trinajstić information content (AvgIpc) is 2.80. The summed E-state index contributed by atoms with van der Waals surface area (Å²) in [6.07, 6.45) is 5.41. The third kappa shape index (κ3) is 5.87. The van der Waals surface area contributed by atoms with E-state index in [0.717, 1.165) is 25.1 Å². The minimum atomic E-state index is 0.0122. The van der Waals surface area contributed by atoms with E-state index < -0.39 is 0 Å². The van der Waals surface area contributed by atoms with Crippen LogP contribution in [-0.2, 0) is 16.9 Å². The quantitative estimate of drug-likeness (QED) is 0.738. The van der Waals surface area contributed by atoms with E-state index >= 15 is 0 Å². The molecule has 0 aliphatic carbocycles.